The molecule has 2 heterocycles. The number of Topliss-reactive ketones (excluding diaryl/α,β-unsaturated/α-hetero) is 1. The van der Waals surface area contributed by atoms with Crippen molar-refractivity contribution in [3.63, 3.8) is 0 Å². The van der Waals surface area contributed by atoms with Crippen LogP contribution in [0.1, 0.15) is 27.0 Å². The van der Waals surface area contributed by atoms with Gasteiger partial charge in [-0.05, 0) is 46.5 Å². The molecule has 8 heteroatoms. The zero-order valence-corrected chi connectivity index (χ0v) is 17.7. The topological polar surface area (TPSA) is 42.4 Å². The first-order chi connectivity index (χ1) is 15.8. The molecule has 33 heavy (non-hydrogen) atoms. The lowest BCUT2D eigenvalue weighted by Gasteiger charge is -2.28. The van der Waals surface area contributed by atoms with Crippen molar-refractivity contribution in [2.75, 3.05) is 31.2 Å². The summed E-state index contributed by atoms with van der Waals surface area (Å²) in [6, 6.07) is 13.0. The average molecular weight is 458 g/mol. The summed E-state index contributed by atoms with van der Waals surface area (Å²) in [4.78, 5) is 19.3. The number of anilines is 1. The Kier molecular flexibility index (Phi) is 6.74. The van der Waals surface area contributed by atoms with E-state index < -0.39 is 18.4 Å². The van der Waals surface area contributed by atoms with E-state index >= 15 is 0 Å². The fourth-order valence-corrected chi connectivity index (χ4v) is 3.83. The molecular weight excluding hydrogens is 436 g/mol. The van der Waals surface area contributed by atoms with E-state index in [1.807, 2.05) is 6.07 Å². The van der Waals surface area contributed by atoms with Crippen LogP contribution in [0.2, 0.25) is 0 Å². The molecular formula is C25H22F4N2O2. The normalized spacial score (nSPS) is 14.4. The third kappa shape index (κ3) is 5.39. The van der Waals surface area contributed by atoms with Crippen molar-refractivity contribution in [1.82, 2.24) is 4.98 Å². The molecule has 1 aliphatic heterocycles. The Balaban J connectivity index is 1.62. The monoisotopic (exact) mass is 458 g/mol. The van der Waals surface area contributed by atoms with Crippen LogP contribution in [0.4, 0.5) is 23.4 Å². The van der Waals surface area contributed by atoms with E-state index in [2.05, 4.69) is 9.88 Å². The van der Waals surface area contributed by atoms with Gasteiger partial charge in [-0.15, -0.1) is 0 Å². The summed E-state index contributed by atoms with van der Waals surface area (Å²) in [6.45, 7) is 1.87. The lowest BCUT2D eigenvalue weighted by Crippen LogP contribution is -2.36. The van der Waals surface area contributed by atoms with Gasteiger partial charge in [0.15, 0.2) is 5.78 Å². The molecule has 1 aromatic heterocycles. The predicted octanol–water partition coefficient (Wildman–Crippen LogP) is 5.50. The highest BCUT2D eigenvalue weighted by atomic mass is 19.4. The number of benzene rings is 2. The molecule has 0 spiro atoms. The second-order valence-electron chi connectivity index (χ2n) is 7.81. The summed E-state index contributed by atoms with van der Waals surface area (Å²) in [5.74, 6) is 0.393. The quantitative estimate of drug-likeness (QED) is 0.362. The number of carbonyl (C=O) groups excluding carboxylic acids is 1. The fourth-order valence-electron chi connectivity index (χ4n) is 3.83. The SMILES string of the molecule is O=C(Cc1cccc(C(F)(F)F)c1)c1ccc(CF)c(-c2ccnc(N3CCOCC3)c2)c1. The van der Waals surface area contributed by atoms with Gasteiger partial charge in [0.05, 0.1) is 18.8 Å². The smallest absolute Gasteiger partial charge is 0.378 e. The van der Waals surface area contributed by atoms with E-state index in [1.54, 1.807) is 24.4 Å². The van der Waals surface area contributed by atoms with Gasteiger partial charge in [-0.3, -0.25) is 4.79 Å². The number of pyridine rings is 1. The van der Waals surface area contributed by atoms with Crippen LogP contribution in [0.3, 0.4) is 0 Å². The second-order valence-corrected chi connectivity index (χ2v) is 7.81. The van der Waals surface area contributed by atoms with Crippen molar-refractivity contribution in [2.24, 2.45) is 0 Å². The Morgan fingerprint density at radius 2 is 1.82 bits per heavy atom. The number of hydrogen-bond donors (Lipinski definition) is 0. The summed E-state index contributed by atoms with van der Waals surface area (Å²) in [6.07, 6.45) is -3.03. The van der Waals surface area contributed by atoms with Gasteiger partial charge in [0.1, 0.15) is 12.5 Å². The molecule has 0 N–H and O–H groups in total. The summed E-state index contributed by atoms with van der Waals surface area (Å²) >= 11 is 0. The molecule has 2 aromatic carbocycles. The molecule has 0 bridgehead atoms. The highest BCUT2D eigenvalue weighted by Gasteiger charge is 2.30. The van der Waals surface area contributed by atoms with Crippen LogP contribution in [0.15, 0.2) is 60.8 Å². The van der Waals surface area contributed by atoms with Crippen molar-refractivity contribution < 1.29 is 27.1 Å². The number of alkyl halides is 4. The molecule has 172 valence electrons. The summed E-state index contributed by atoms with van der Waals surface area (Å²) < 4.78 is 58.0. The second kappa shape index (κ2) is 9.70. The minimum Gasteiger partial charge on any atom is -0.378 e. The number of morpholine rings is 1. The minimum atomic E-state index is -4.48. The molecule has 4 rings (SSSR count). The van der Waals surface area contributed by atoms with E-state index in [4.69, 9.17) is 4.74 Å². The first-order valence-electron chi connectivity index (χ1n) is 10.5. The molecule has 0 atom stereocenters. The number of ketones is 1. The highest BCUT2D eigenvalue weighted by Crippen LogP contribution is 2.31. The molecule has 3 aromatic rings. The number of aromatic nitrogens is 1. The summed E-state index contributed by atoms with van der Waals surface area (Å²) in [5, 5.41) is 0. The lowest BCUT2D eigenvalue weighted by atomic mass is 9.94. The fraction of sp³-hybridized carbons (Fsp3) is 0.280. The van der Waals surface area contributed by atoms with Crippen LogP contribution >= 0.6 is 0 Å². The number of rotatable bonds is 6. The molecule has 1 aliphatic rings. The predicted molar refractivity (Wildman–Crippen MR) is 117 cm³/mol. The van der Waals surface area contributed by atoms with Crippen LogP contribution in [-0.2, 0) is 24.0 Å². The van der Waals surface area contributed by atoms with Crippen molar-refractivity contribution in [1.29, 1.82) is 0 Å². The van der Waals surface area contributed by atoms with E-state index in [0.717, 1.165) is 18.0 Å². The van der Waals surface area contributed by atoms with Gasteiger partial charge in [-0.2, -0.15) is 13.2 Å². The van der Waals surface area contributed by atoms with Gasteiger partial charge in [0, 0.05) is 31.3 Å². The molecule has 1 saturated heterocycles. The third-order valence-electron chi connectivity index (χ3n) is 5.59. The first kappa shape index (κ1) is 22.9. The number of halogens is 4. The average Bonchev–Trinajstić information content (AvgIpc) is 2.84. The molecule has 4 nitrogen and oxygen atoms in total. The molecule has 0 unspecified atom stereocenters. The Bertz CT molecular complexity index is 1140. The minimum absolute atomic E-state index is 0.187. The van der Waals surface area contributed by atoms with Gasteiger partial charge in [0.25, 0.3) is 0 Å². The molecule has 0 radical (unpaired) electrons. The summed E-state index contributed by atoms with van der Waals surface area (Å²) in [7, 11) is 0. The maximum absolute atomic E-state index is 13.7. The van der Waals surface area contributed by atoms with Crippen LogP contribution in [0.5, 0.6) is 0 Å². The highest BCUT2D eigenvalue weighted by molar-refractivity contribution is 5.99. The zero-order chi connectivity index (χ0) is 23.4. The Labute approximate surface area is 188 Å². The lowest BCUT2D eigenvalue weighted by molar-refractivity contribution is -0.137. The van der Waals surface area contributed by atoms with Crippen molar-refractivity contribution >= 4 is 11.6 Å². The van der Waals surface area contributed by atoms with E-state index in [0.29, 0.717) is 48.6 Å². The van der Waals surface area contributed by atoms with E-state index in [-0.39, 0.29) is 17.8 Å². The van der Waals surface area contributed by atoms with Crippen molar-refractivity contribution in [2.45, 2.75) is 19.3 Å². The van der Waals surface area contributed by atoms with E-state index in [9.17, 15) is 22.4 Å². The zero-order valence-electron chi connectivity index (χ0n) is 17.7. The Morgan fingerprint density at radius 1 is 1.03 bits per heavy atom. The van der Waals surface area contributed by atoms with Gasteiger partial charge in [-0.1, -0.05) is 30.3 Å². The van der Waals surface area contributed by atoms with Crippen LogP contribution in [0.25, 0.3) is 11.1 Å². The standard InChI is InChI=1S/C25H22F4N2O2/c26-16-20-5-4-19(23(32)13-17-2-1-3-21(12-17)25(27,28)29)14-22(20)18-6-7-30-24(15-18)31-8-10-33-11-9-31/h1-7,12,14-15H,8-11,13,16H2. The molecule has 0 aliphatic carbocycles. The van der Waals surface area contributed by atoms with Gasteiger partial charge in [-0.25, -0.2) is 9.37 Å². The number of nitrogens with zero attached hydrogens (tertiary/aromatic N) is 2. The third-order valence-corrected chi connectivity index (χ3v) is 5.59. The van der Waals surface area contributed by atoms with Crippen molar-refractivity contribution in [3.05, 3.63) is 83.0 Å². The number of hydrogen-bond acceptors (Lipinski definition) is 4. The van der Waals surface area contributed by atoms with E-state index in [1.165, 1.54) is 18.2 Å². The number of carbonyl (C=O) groups is 1. The Morgan fingerprint density at radius 3 is 2.55 bits per heavy atom. The van der Waals surface area contributed by atoms with Gasteiger partial charge < -0.3 is 9.64 Å². The maximum atomic E-state index is 13.7. The molecule has 0 saturated carbocycles. The number of ether oxygens (including phenoxy) is 1. The first-order valence-corrected chi connectivity index (χ1v) is 10.5. The van der Waals surface area contributed by atoms with Crippen LogP contribution in [0, 0.1) is 0 Å². The summed E-state index contributed by atoms with van der Waals surface area (Å²) in [5.41, 5.74) is 1.48. The van der Waals surface area contributed by atoms with Crippen molar-refractivity contribution in [3.8, 4) is 11.1 Å². The maximum Gasteiger partial charge on any atom is 0.416 e. The van der Waals surface area contributed by atoms with Crippen LogP contribution < -0.4 is 4.90 Å². The molecule has 1 fully saturated rings. The molecule has 0 amide bonds. The largest absolute Gasteiger partial charge is 0.416 e. The van der Waals surface area contributed by atoms with Crippen LogP contribution in [-0.4, -0.2) is 37.1 Å². The van der Waals surface area contributed by atoms with Gasteiger partial charge in [0.2, 0.25) is 0 Å². The van der Waals surface area contributed by atoms with Gasteiger partial charge >= 0.3 is 6.18 Å². The Hall–Kier alpha value is -3.26.